The molecule has 0 N–H and O–H groups in total. The Balaban J connectivity index is 1.63. The van der Waals surface area contributed by atoms with Gasteiger partial charge in [-0.2, -0.15) is 4.98 Å². The van der Waals surface area contributed by atoms with Crippen molar-refractivity contribution in [1.82, 2.24) is 24.3 Å². The van der Waals surface area contributed by atoms with Gasteiger partial charge in [0, 0.05) is 50.7 Å². The minimum Gasteiger partial charge on any atom is -0.464 e. The van der Waals surface area contributed by atoms with E-state index in [0.29, 0.717) is 24.2 Å². The van der Waals surface area contributed by atoms with Crippen molar-refractivity contribution in [1.29, 1.82) is 0 Å². The van der Waals surface area contributed by atoms with Gasteiger partial charge in [-0.3, -0.25) is 4.40 Å². The molecule has 4 aromatic rings. The van der Waals surface area contributed by atoms with Crippen LogP contribution in [0.25, 0.3) is 32.9 Å². The number of pyridine rings is 1. The van der Waals surface area contributed by atoms with E-state index in [9.17, 15) is 0 Å². The maximum atomic E-state index is 7.28. The fourth-order valence-corrected chi connectivity index (χ4v) is 4.38. The van der Waals surface area contributed by atoms with Crippen LogP contribution >= 0.6 is 0 Å². The first-order valence-electron chi connectivity index (χ1n) is 11.3. The van der Waals surface area contributed by atoms with E-state index in [0.717, 1.165) is 53.4 Å². The Morgan fingerprint density at radius 3 is 2.56 bits per heavy atom. The molecule has 8 nitrogen and oxygen atoms in total. The normalized spacial score (nSPS) is 16.0. The highest BCUT2D eigenvalue weighted by Crippen LogP contribution is 2.36. The lowest BCUT2D eigenvalue weighted by molar-refractivity contribution is 0.230. The predicted octanol–water partition coefficient (Wildman–Crippen LogP) is 4.41. The second-order valence-corrected chi connectivity index (χ2v) is 8.92. The number of ether oxygens (including phenoxy) is 1. The van der Waals surface area contributed by atoms with Crippen LogP contribution in [0.5, 0.6) is 6.01 Å². The van der Waals surface area contributed by atoms with E-state index in [-0.39, 0.29) is 0 Å². The molecule has 3 aromatic heterocycles. The van der Waals surface area contributed by atoms with Crippen molar-refractivity contribution in [2.75, 3.05) is 45.7 Å². The van der Waals surface area contributed by atoms with Crippen molar-refractivity contribution in [3.8, 4) is 28.4 Å². The van der Waals surface area contributed by atoms with Gasteiger partial charge in [0.25, 0.3) is 0 Å². The Morgan fingerprint density at radius 2 is 1.91 bits per heavy atom. The van der Waals surface area contributed by atoms with Crippen molar-refractivity contribution in [3.05, 3.63) is 66.4 Å². The Hall–Kier alpha value is -3.96. The van der Waals surface area contributed by atoms with Crippen LogP contribution in [0.15, 0.2) is 55.0 Å². The van der Waals surface area contributed by atoms with Crippen LogP contribution in [0, 0.1) is 12.5 Å². The van der Waals surface area contributed by atoms with Gasteiger partial charge in [0.1, 0.15) is 5.82 Å². The third-order valence-electron chi connectivity index (χ3n) is 6.22. The summed E-state index contributed by atoms with van der Waals surface area (Å²) < 4.78 is 8.18. The summed E-state index contributed by atoms with van der Waals surface area (Å²) in [5.41, 5.74) is 4.81. The molecule has 1 fully saturated rings. The lowest BCUT2D eigenvalue weighted by atomic mass is 10.0. The van der Waals surface area contributed by atoms with Gasteiger partial charge in [0.15, 0.2) is 11.3 Å². The number of aromatic nitrogens is 4. The van der Waals surface area contributed by atoms with Crippen LogP contribution in [-0.2, 0) is 0 Å². The van der Waals surface area contributed by atoms with Crippen molar-refractivity contribution >= 4 is 17.2 Å². The number of likely N-dealkylation sites (tertiary alicyclic amines) is 1. The number of benzene rings is 1. The molecule has 8 heteroatoms. The molecule has 34 heavy (non-hydrogen) atoms. The Bertz CT molecular complexity index is 1340. The van der Waals surface area contributed by atoms with Gasteiger partial charge in [0.2, 0.25) is 0 Å². The highest BCUT2D eigenvalue weighted by atomic mass is 16.5. The zero-order valence-electron chi connectivity index (χ0n) is 19.6. The molecule has 0 spiro atoms. The number of rotatable bonds is 6. The molecule has 1 saturated heterocycles. The standard InChI is InChI=1S/C26H27N7O/c1-27-21-8-5-19(6-9-21)24-23(20-7-10-22(29-15-20)31(2)3)25-28-12-14-33(25)26(30-24)34-17-18-11-13-32(4)16-18/h5-10,12,14-15,18H,11,13,16-17H2,2-4H3/t18-/m1/s1. The monoisotopic (exact) mass is 453 g/mol. The largest absolute Gasteiger partial charge is 0.464 e. The molecule has 172 valence electrons. The fourth-order valence-electron chi connectivity index (χ4n) is 4.38. The number of imidazole rings is 1. The minimum atomic E-state index is 0.481. The van der Waals surface area contributed by atoms with Crippen LogP contribution in [0.4, 0.5) is 11.5 Å². The summed E-state index contributed by atoms with van der Waals surface area (Å²) in [6.45, 7) is 10.0. The Labute approximate surface area is 199 Å². The van der Waals surface area contributed by atoms with Gasteiger partial charge in [0.05, 0.1) is 24.4 Å². The van der Waals surface area contributed by atoms with E-state index in [4.69, 9.17) is 16.3 Å². The number of hydrogen-bond acceptors (Lipinski definition) is 6. The number of anilines is 1. The van der Waals surface area contributed by atoms with Gasteiger partial charge in [-0.15, -0.1) is 0 Å². The molecule has 5 rings (SSSR count). The summed E-state index contributed by atoms with van der Waals surface area (Å²) in [5.74, 6) is 1.36. The molecule has 0 aliphatic carbocycles. The summed E-state index contributed by atoms with van der Waals surface area (Å²) >= 11 is 0. The van der Waals surface area contributed by atoms with Gasteiger partial charge in [-0.25, -0.2) is 14.8 Å². The van der Waals surface area contributed by atoms with E-state index in [1.165, 1.54) is 0 Å². The maximum Gasteiger partial charge on any atom is 0.302 e. The number of fused-ring (bicyclic) bond motifs is 1. The molecule has 0 saturated carbocycles. The second-order valence-electron chi connectivity index (χ2n) is 8.92. The van der Waals surface area contributed by atoms with Crippen LogP contribution in [-0.4, -0.2) is 65.1 Å². The molecular formula is C26H27N7O. The Morgan fingerprint density at radius 1 is 1.12 bits per heavy atom. The number of hydrogen-bond donors (Lipinski definition) is 0. The van der Waals surface area contributed by atoms with Gasteiger partial charge >= 0.3 is 6.01 Å². The molecule has 1 aliphatic heterocycles. The van der Waals surface area contributed by atoms with Crippen LogP contribution in [0.1, 0.15) is 6.42 Å². The molecule has 4 heterocycles. The minimum absolute atomic E-state index is 0.481. The quantitative estimate of drug-likeness (QED) is 0.403. The van der Waals surface area contributed by atoms with Crippen molar-refractivity contribution in [2.24, 2.45) is 5.92 Å². The topological polar surface area (TPSA) is 63.1 Å². The first-order chi connectivity index (χ1) is 16.5. The zero-order valence-corrected chi connectivity index (χ0v) is 19.6. The highest BCUT2D eigenvalue weighted by molar-refractivity contribution is 5.90. The Kier molecular flexibility index (Phi) is 5.86. The lowest BCUT2D eigenvalue weighted by Crippen LogP contribution is -2.19. The summed E-state index contributed by atoms with van der Waals surface area (Å²) in [5, 5.41) is 0. The SMILES string of the molecule is [C-]#[N+]c1ccc(-c2nc(OC[C@@H]3CCN(C)C3)n3ccnc3c2-c2ccc(N(C)C)nc2)cc1. The number of nitrogens with zero attached hydrogens (tertiary/aromatic N) is 7. The third-order valence-corrected chi connectivity index (χ3v) is 6.22. The van der Waals surface area contributed by atoms with Gasteiger partial charge < -0.3 is 14.5 Å². The second kappa shape index (κ2) is 9.12. The molecule has 0 unspecified atom stereocenters. The molecule has 0 amide bonds. The summed E-state index contributed by atoms with van der Waals surface area (Å²) in [7, 11) is 6.07. The third kappa shape index (κ3) is 4.18. The van der Waals surface area contributed by atoms with E-state index in [2.05, 4.69) is 26.8 Å². The van der Waals surface area contributed by atoms with Crippen molar-refractivity contribution < 1.29 is 4.74 Å². The van der Waals surface area contributed by atoms with E-state index < -0.39 is 0 Å². The van der Waals surface area contributed by atoms with E-state index >= 15 is 0 Å². The average molecular weight is 454 g/mol. The molecule has 1 aromatic carbocycles. The summed E-state index contributed by atoms with van der Waals surface area (Å²) in [6.07, 6.45) is 6.63. The molecule has 1 atom stereocenters. The van der Waals surface area contributed by atoms with Crippen LogP contribution in [0.2, 0.25) is 0 Å². The summed E-state index contributed by atoms with van der Waals surface area (Å²) in [6, 6.07) is 12.0. The van der Waals surface area contributed by atoms with Crippen LogP contribution in [0.3, 0.4) is 0 Å². The first kappa shape index (κ1) is 21.9. The van der Waals surface area contributed by atoms with Gasteiger partial charge in [-0.05, 0) is 37.7 Å². The average Bonchev–Trinajstić information content (AvgIpc) is 3.51. The lowest BCUT2D eigenvalue weighted by Gasteiger charge is -2.17. The van der Waals surface area contributed by atoms with E-state index in [1.807, 2.05) is 72.2 Å². The maximum absolute atomic E-state index is 7.28. The fraction of sp³-hybridized carbons (Fsp3) is 0.308. The molecule has 1 aliphatic rings. The summed E-state index contributed by atoms with van der Waals surface area (Å²) in [4.78, 5) is 22.1. The van der Waals surface area contributed by atoms with E-state index in [1.54, 1.807) is 6.20 Å². The first-order valence-corrected chi connectivity index (χ1v) is 11.3. The van der Waals surface area contributed by atoms with Crippen molar-refractivity contribution in [2.45, 2.75) is 6.42 Å². The van der Waals surface area contributed by atoms with Crippen LogP contribution < -0.4 is 9.64 Å². The smallest absolute Gasteiger partial charge is 0.302 e. The van der Waals surface area contributed by atoms with Crippen molar-refractivity contribution in [3.63, 3.8) is 0 Å². The predicted molar refractivity (Wildman–Crippen MR) is 133 cm³/mol. The molecule has 0 bridgehead atoms. The molecule has 0 radical (unpaired) electrons. The van der Waals surface area contributed by atoms with Gasteiger partial charge in [-0.1, -0.05) is 24.3 Å². The highest BCUT2D eigenvalue weighted by Gasteiger charge is 2.23. The zero-order chi connectivity index (χ0) is 23.7. The molecular weight excluding hydrogens is 426 g/mol.